The number of rotatable bonds is 6. The van der Waals surface area contributed by atoms with Crippen LogP contribution in [-0.2, 0) is 10.0 Å². The van der Waals surface area contributed by atoms with Gasteiger partial charge in [-0.1, -0.05) is 18.5 Å². The lowest BCUT2D eigenvalue weighted by Gasteiger charge is -2.14. The molecule has 0 bridgehead atoms. The Bertz CT molecular complexity index is 507. The van der Waals surface area contributed by atoms with E-state index in [2.05, 4.69) is 15.0 Å². The summed E-state index contributed by atoms with van der Waals surface area (Å²) in [5, 5.41) is 3.32. The first-order valence-corrected chi connectivity index (χ1v) is 7.37. The predicted octanol–water partition coefficient (Wildman–Crippen LogP) is 0.594. The zero-order valence-corrected chi connectivity index (χ0v) is 11.8. The quantitative estimate of drug-likeness (QED) is 0.713. The molecule has 6 nitrogen and oxygen atoms in total. The second kappa shape index (κ2) is 6.33. The molecule has 0 unspecified atom stereocenters. The number of nitrogens with one attached hydrogen (secondary N) is 2. The molecule has 0 saturated heterocycles. The third-order valence-corrected chi connectivity index (χ3v) is 3.93. The second-order valence-corrected chi connectivity index (χ2v) is 6.02. The molecule has 0 amide bonds. The average molecular weight is 293 g/mol. The first-order valence-electron chi connectivity index (χ1n) is 5.51. The van der Waals surface area contributed by atoms with Crippen molar-refractivity contribution in [3.8, 4) is 0 Å². The van der Waals surface area contributed by atoms with Crippen LogP contribution in [0.2, 0.25) is 5.02 Å². The van der Waals surface area contributed by atoms with Crippen molar-refractivity contribution >= 4 is 27.4 Å². The molecule has 1 atom stereocenters. The van der Waals surface area contributed by atoms with E-state index in [-0.39, 0.29) is 28.3 Å². The number of sulfonamides is 1. The maximum absolute atomic E-state index is 12.0. The molecule has 0 aromatic carbocycles. The van der Waals surface area contributed by atoms with Gasteiger partial charge in [-0.05, 0) is 19.5 Å². The van der Waals surface area contributed by atoms with Gasteiger partial charge >= 0.3 is 0 Å². The number of nitrogens with zero attached hydrogens (tertiary/aromatic N) is 1. The number of hydrogen-bond acceptors (Lipinski definition) is 5. The van der Waals surface area contributed by atoms with Crippen molar-refractivity contribution in [2.24, 2.45) is 0 Å². The highest BCUT2D eigenvalue weighted by Crippen LogP contribution is 2.19. The van der Waals surface area contributed by atoms with Crippen LogP contribution < -0.4 is 15.8 Å². The largest absolute Gasteiger partial charge is 0.383 e. The number of hydrogen-bond donors (Lipinski definition) is 3. The first-order chi connectivity index (χ1) is 8.36. The van der Waals surface area contributed by atoms with Crippen molar-refractivity contribution in [1.82, 2.24) is 15.0 Å². The van der Waals surface area contributed by atoms with Crippen LogP contribution in [0.5, 0.6) is 0 Å². The highest BCUT2D eigenvalue weighted by Gasteiger charge is 2.19. The molecule has 0 fully saturated rings. The topological polar surface area (TPSA) is 97.1 Å². The normalized spacial score (nSPS) is 13.5. The molecule has 0 saturated carbocycles. The van der Waals surface area contributed by atoms with Gasteiger partial charge in [0.25, 0.3) is 0 Å². The van der Waals surface area contributed by atoms with E-state index in [0.29, 0.717) is 0 Å². The summed E-state index contributed by atoms with van der Waals surface area (Å²) in [4.78, 5) is 3.62. The summed E-state index contributed by atoms with van der Waals surface area (Å²) in [5.41, 5.74) is 5.54. The predicted molar refractivity (Wildman–Crippen MR) is 72.0 cm³/mol. The second-order valence-electron chi connectivity index (χ2n) is 3.85. The van der Waals surface area contributed by atoms with E-state index in [9.17, 15) is 8.42 Å². The Kier molecular flexibility index (Phi) is 5.33. The molecular weight excluding hydrogens is 276 g/mol. The Morgan fingerprint density at radius 1 is 1.56 bits per heavy atom. The summed E-state index contributed by atoms with van der Waals surface area (Å²) in [7, 11) is -3.69. The van der Waals surface area contributed by atoms with E-state index in [1.807, 2.05) is 13.8 Å². The maximum Gasteiger partial charge on any atom is 0.244 e. The molecule has 0 aliphatic heterocycles. The Labute approximate surface area is 112 Å². The SMILES string of the molecule is CCN[C@H](C)CNS(=O)(=O)c1cc(Cl)cnc1N. The summed E-state index contributed by atoms with van der Waals surface area (Å²) < 4.78 is 26.5. The molecule has 1 heterocycles. The summed E-state index contributed by atoms with van der Waals surface area (Å²) in [6, 6.07) is 1.31. The lowest BCUT2D eigenvalue weighted by molar-refractivity contribution is 0.536. The van der Waals surface area contributed by atoms with Crippen LogP contribution in [0.3, 0.4) is 0 Å². The van der Waals surface area contributed by atoms with Crippen molar-refractivity contribution in [2.75, 3.05) is 18.8 Å². The monoisotopic (exact) mass is 292 g/mol. The van der Waals surface area contributed by atoms with Gasteiger partial charge in [0.15, 0.2) is 0 Å². The molecule has 1 aromatic heterocycles. The fraction of sp³-hybridized carbons (Fsp3) is 0.500. The van der Waals surface area contributed by atoms with Gasteiger partial charge in [-0.3, -0.25) is 0 Å². The minimum absolute atomic E-state index is 0.0261. The molecule has 1 aromatic rings. The van der Waals surface area contributed by atoms with Gasteiger partial charge in [-0.2, -0.15) is 0 Å². The van der Waals surface area contributed by atoms with Gasteiger partial charge in [0.05, 0.1) is 5.02 Å². The third kappa shape index (κ3) is 4.09. The van der Waals surface area contributed by atoms with Gasteiger partial charge in [0.1, 0.15) is 10.7 Å². The van der Waals surface area contributed by atoms with Crippen LogP contribution >= 0.6 is 11.6 Å². The number of pyridine rings is 1. The van der Waals surface area contributed by atoms with E-state index in [0.717, 1.165) is 6.54 Å². The zero-order valence-electron chi connectivity index (χ0n) is 10.3. The Morgan fingerprint density at radius 3 is 2.83 bits per heavy atom. The molecule has 1 rings (SSSR count). The van der Waals surface area contributed by atoms with Gasteiger partial charge in [0.2, 0.25) is 10.0 Å². The van der Waals surface area contributed by atoms with Crippen LogP contribution in [-0.4, -0.2) is 32.5 Å². The standard InChI is InChI=1S/C10H17ClN4O2S/c1-3-13-7(2)5-15-18(16,17)9-4-8(11)6-14-10(9)12/h4,6-7,13,15H,3,5H2,1-2H3,(H2,12,14)/t7-/m1/s1. The van der Waals surface area contributed by atoms with Crippen LogP contribution in [0.15, 0.2) is 17.2 Å². The molecule has 0 aliphatic carbocycles. The summed E-state index contributed by atoms with van der Waals surface area (Å²) in [5.74, 6) is -0.0667. The van der Waals surface area contributed by atoms with Crippen molar-refractivity contribution in [1.29, 1.82) is 0 Å². The number of aromatic nitrogens is 1. The molecule has 102 valence electrons. The minimum atomic E-state index is -3.69. The fourth-order valence-electron chi connectivity index (χ4n) is 1.38. The van der Waals surface area contributed by atoms with E-state index in [4.69, 9.17) is 17.3 Å². The van der Waals surface area contributed by atoms with Crippen LogP contribution in [0.25, 0.3) is 0 Å². The number of nitrogen functional groups attached to an aromatic ring is 1. The van der Waals surface area contributed by atoms with Crippen molar-refractivity contribution in [2.45, 2.75) is 24.8 Å². The summed E-state index contributed by atoms with van der Waals surface area (Å²) >= 11 is 5.71. The molecule has 4 N–H and O–H groups in total. The van der Waals surface area contributed by atoms with Crippen LogP contribution in [0.1, 0.15) is 13.8 Å². The molecule has 0 radical (unpaired) electrons. The zero-order chi connectivity index (χ0) is 13.8. The van der Waals surface area contributed by atoms with Crippen LogP contribution in [0, 0.1) is 0 Å². The lowest BCUT2D eigenvalue weighted by atomic mass is 10.3. The summed E-state index contributed by atoms with van der Waals surface area (Å²) in [6.07, 6.45) is 1.30. The van der Waals surface area contributed by atoms with Crippen molar-refractivity contribution in [3.63, 3.8) is 0 Å². The highest BCUT2D eigenvalue weighted by atomic mass is 35.5. The first kappa shape index (κ1) is 15.2. The summed E-state index contributed by atoms with van der Waals surface area (Å²) in [6.45, 7) is 4.86. The molecule has 0 spiro atoms. The molecule has 0 aliphatic rings. The Balaban J connectivity index is 2.83. The molecular formula is C10H17ClN4O2S. The number of nitrogens with two attached hydrogens (primary N) is 1. The van der Waals surface area contributed by atoms with Gasteiger partial charge in [-0.15, -0.1) is 0 Å². The van der Waals surface area contributed by atoms with E-state index in [1.165, 1.54) is 12.3 Å². The highest BCUT2D eigenvalue weighted by molar-refractivity contribution is 7.89. The average Bonchev–Trinajstić information content (AvgIpc) is 2.30. The van der Waals surface area contributed by atoms with Gasteiger partial charge < -0.3 is 11.1 Å². The van der Waals surface area contributed by atoms with Crippen molar-refractivity contribution < 1.29 is 8.42 Å². The Morgan fingerprint density at radius 2 is 2.22 bits per heavy atom. The van der Waals surface area contributed by atoms with E-state index < -0.39 is 10.0 Å². The Hall–Kier alpha value is -0.890. The van der Waals surface area contributed by atoms with Gasteiger partial charge in [-0.25, -0.2) is 18.1 Å². The number of anilines is 1. The van der Waals surface area contributed by atoms with Gasteiger partial charge in [0, 0.05) is 18.8 Å². The third-order valence-electron chi connectivity index (χ3n) is 2.27. The number of likely N-dealkylation sites (N-methyl/N-ethyl adjacent to an activating group) is 1. The minimum Gasteiger partial charge on any atom is -0.383 e. The van der Waals surface area contributed by atoms with Crippen molar-refractivity contribution in [3.05, 3.63) is 17.3 Å². The maximum atomic E-state index is 12.0. The lowest BCUT2D eigenvalue weighted by Crippen LogP contribution is -2.39. The smallest absolute Gasteiger partial charge is 0.244 e. The molecule has 8 heteroatoms. The number of halogens is 1. The van der Waals surface area contributed by atoms with E-state index in [1.54, 1.807) is 0 Å². The fourth-order valence-corrected chi connectivity index (χ4v) is 2.84. The van der Waals surface area contributed by atoms with Crippen LogP contribution in [0.4, 0.5) is 5.82 Å². The molecule has 18 heavy (non-hydrogen) atoms. The van der Waals surface area contributed by atoms with E-state index >= 15 is 0 Å².